The summed E-state index contributed by atoms with van der Waals surface area (Å²) in [6.45, 7) is 3.33. The molecule has 0 heterocycles. The van der Waals surface area contributed by atoms with E-state index in [0.29, 0.717) is 11.4 Å². The lowest BCUT2D eigenvalue weighted by Gasteiger charge is -2.09. The fourth-order valence-electron chi connectivity index (χ4n) is 1.15. The topological polar surface area (TPSA) is 82.0 Å². The van der Waals surface area contributed by atoms with Gasteiger partial charge < -0.3 is 10.6 Å². The van der Waals surface area contributed by atoms with Gasteiger partial charge in [-0.15, -0.1) is 0 Å². The Labute approximate surface area is 98.7 Å². The molecule has 0 saturated heterocycles. The molecule has 2 amide bonds. The summed E-state index contributed by atoms with van der Waals surface area (Å²) in [6.07, 6.45) is 0.900. The summed E-state index contributed by atoms with van der Waals surface area (Å²) < 4.78 is 0. The van der Waals surface area contributed by atoms with Gasteiger partial charge in [0.1, 0.15) is 6.42 Å². The number of benzene rings is 1. The number of nitrogens with zero attached hydrogens (tertiary/aromatic N) is 1. The molecule has 0 aliphatic rings. The lowest BCUT2D eigenvalue weighted by molar-refractivity contribution is -0.115. The average molecular weight is 229 g/mol. The number of carbonyl (C=O) groups is 2. The number of nitriles is 1. The van der Waals surface area contributed by atoms with Gasteiger partial charge in [0.05, 0.1) is 17.4 Å². The summed E-state index contributed by atoms with van der Waals surface area (Å²) in [6, 6.07) is 8.45. The summed E-state index contributed by atoms with van der Waals surface area (Å²) in [5.74, 6) is -0.792. The summed E-state index contributed by atoms with van der Waals surface area (Å²) >= 11 is 0. The molecule has 1 rings (SSSR count). The molecule has 0 spiro atoms. The third-order valence-electron chi connectivity index (χ3n) is 1.88. The third-order valence-corrected chi connectivity index (χ3v) is 1.88. The Kier molecular flexibility index (Phi) is 4.45. The van der Waals surface area contributed by atoms with Crippen molar-refractivity contribution in [3.63, 3.8) is 0 Å². The highest BCUT2D eigenvalue weighted by molar-refractivity contribution is 6.03. The van der Waals surface area contributed by atoms with Gasteiger partial charge in [0.15, 0.2) is 0 Å². The molecular weight excluding hydrogens is 218 g/mol. The maximum absolute atomic E-state index is 11.3. The van der Waals surface area contributed by atoms with Crippen LogP contribution in [0.5, 0.6) is 0 Å². The molecule has 0 saturated carbocycles. The van der Waals surface area contributed by atoms with E-state index in [9.17, 15) is 9.59 Å². The fourth-order valence-corrected chi connectivity index (χ4v) is 1.15. The number of nitrogens with one attached hydrogen (secondary N) is 2. The maximum atomic E-state index is 11.3. The van der Waals surface area contributed by atoms with Crippen LogP contribution in [0.1, 0.15) is 6.42 Å². The van der Waals surface area contributed by atoms with E-state index < -0.39 is 5.91 Å². The summed E-state index contributed by atoms with van der Waals surface area (Å²) in [5, 5.41) is 13.5. The molecule has 0 fully saturated rings. The number of hydrogen-bond acceptors (Lipinski definition) is 3. The van der Waals surface area contributed by atoms with Crippen LogP contribution in [-0.2, 0) is 9.59 Å². The predicted octanol–water partition coefficient (Wildman–Crippen LogP) is 1.66. The van der Waals surface area contributed by atoms with Crippen molar-refractivity contribution in [2.75, 3.05) is 10.6 Å². The van der Waals surface area contributed by atoms with Gasteiger partial charge in [-0.25, -0.2) is 0 Å². The average Bonchev–Trinajstić information content (AvgIpc) is 2.31. The number of anilines is 2. The lowest BCUT2D eigenvalue weighted by Crippen LogP contribution is -2.14. The van der Waals surface area contributed by atoms with Crippen LogP contribution in [0.4, 0.5) is 11.4 Å². The molecule has 0 aliphatic carbocycles. The Morgan fingerprint density at radius 2 is 1.88 bits per heavy atom. The molecule has 0 aromatic heterocycles. The molecule has 2 N–H and O–H groups in total. The lowest BCUT2D eigenvalue weighted by atomic mass is 10.2. The van der Waals surface area contributed by atoms with Crippen LogP contribution in [0, 0.1) is 11.3 Å². The van der Waals surface area contributed by atoms with Crippen molar-refractivity contribution in [3.8, 4) is 6.07 Å². The zero-order valence-electron chi connectivity index (χ0n) is 9.06. The standard InChI is InChI=1S/C12H11N3O2/c1-2-11(16)14-9-5-3-4-6-10(9)15-12(17)7-8-13/h2-6H,1,7H2,(H,14,16)(H,15,17). The van der Waals surface area contributed by atoms with Crippen molar-refractivity contribution in [2.24, 2.45) is 0 Å². The molecule has 0 aliphatic heterocycles. The first-order valence-electron chi connectivity index (χ1n) is 4.86. The van der Waals surface area contributed by atoms with E-state index in [1.54, 1.807) is 30.3 Å². The second-order valence-electron chi connectivity index (χ2n) is 3.12. The SMILES string of the molecule is C=CC(=O)Nc1ccccc1NC(=O)CC#N. The monoisotopic (exact) mass is 229 g/mol. The Hall–Kier alpha value is -2.61. The third kappa shape index (κ3) is 3.80. The van der Waals surface area contributed by atoms with Crippen molar-refractivity contribution in [3.05, 3.63) is 36.9 Å². The Morgan fingerprint density at radius 1 is 1.29 bits per heavy atom. The molecule has 86 valence electrons. The van der Waals surface area contributed by atoms with Crippen LogP contribution in [0.25, 0.3) is 0 Å². The van der Waals surface area contributed by atoms with E-state index in [0.717, 1.165) is 6.08 Å². The van der Waals surface area contributed by atoms with E-state index >= 15 is 0 Å². The largest absolute Gasteiger partial charge is 0.323 e. The Bertz CT molecular complexity index is 489. The molecule has 0 bridgehead atoms. The molecular formula is C12H11N3O2. The number of rotatable bonds is 4. The van der Waals surface area contributed by atoms with Gasteiger partial charge in [-0.1, -0.05) is 18.7 Å². The summed E-state index contributed by atoms with van der Waals surface area (Å²) in [7, 11) is 0. The zero-order chi connectivity index (χ0) is 12.7. The van der Waals surface area contributed by atoms with Crippen LogP contribution in [-0.4, -0.2) is 11.8 Å². The van der Waals surface area contributed by atoms with Crippen LogP contribution in [0.2, 0.25) is 0 Å². The van der Waals surface area contributed by atoms with Gasteiger partial charge in [-0.3, -0.25) is 9.59 Å². The van der Waals surface area contributed by atoms with Crippen molar-refractivity contribution in [2.45, 2.75) is 6.42 Å². The second-order valence-corrected chi connectivity index (χ2v) is 3.12. The van der Waals surface area contributed by atoms with Crippen molar-refractivity contribution in [1.29, 1.82) is 5.26 Å². The minimum atomic E-state index is -0.423. The maximum Gasteiger partial charge on any atom is 0.247 e. The molecule has 1 aromatic carbocycles. The van der Waals surface area contributed by atoms with E-state index in [1.165, 1.54) is 0 Å². The van der Waals surface area contributed by atoms with E-state index in [2.05, 4.69) is 17.2 Å². The summed E-state index contributed by atoms with van der Waals surface area (Å²) in [4.78, 5) is 22.4. The molecule has 1 aromatic rings. The molecule has 0 atom stereocenters. The number of hydrogen-bond donors (Lipinski definition) is 2. The molecule has 0 radical (unpaired) electrons. The highest BCUT2D eigenvalue weighted by atomic mass is 16.2. The van der Waals surface area contributed by atoms with Crippen LogP contribution < -0.4 is 10.6 Å². The van der Waals surface area contributed by atoms with Gasteiger partial charge in [0, 0.05) is 0 Å². The van der Waals surface area contributed by atoms with E-state index in [-0.39, 0.29) is 12.3 Å². The van der Waals surface area contributed by atoms with Gasteiger partial charge in [-0.05, 0) is 18.2 Å². The predicted molar refractivity (Wildman–Crippen MR) is 64.1 cm³/mol. The number of carbonyl (C=O) groups excluding carboxylic acids is 2. The van der Waals surface area contributed by atoms with Gasteiger partial charge >= 0.3 is 0 Å². The minimum absolute atomic E-state index is 0.232. The zero-order valence-corrected chi connectivity index (χ0v) is 9.06. The summed E-state index contributed by atoms with van der Waals surface area (Å²) in [5.41, 5.74) is 0.909. The van der Waals surface area contributed by atoms with Crippen molar-refractivity contribution >= 4 is 23.2 Å². The minimum Gasteiger partial charge on any atom is -0.323 e. The Morgan fingerprint density at radius 3 is 2.41 bits per heavy atom. The normalized spacial score (nSPS) is 8.88. The van der Waals surface area contributed by atoms with Crippen molar-refractivity contribution < 1.29 is 9.59 Å². The molecule has 5 nitrogen and oxygen atoms in total. The molecule has 5 heteroatoms. The Balaban J connectivity index is 2.85. The van der Waals surface area contributed by atoms with Crippen LogP contribution in [0.3, 0.4) is 0 Å². The second kappa shape index (κ2) is 6.08. The highest BCUT2D eigenvalue weighted by Gasteiger charge is 2.07. The number of amides is 2. The molecule has 0 unspecified atom stereocenters. The quantitative estimate of drug-likeness (QED) is 0.770. The van der Waals surface area contributed by atoms with E-state index in [4.69, 9.17) is 5.26 Å². The first kappa shape index (κ1) is 12.5. The first-order chi connectivity index (χ1) is 8.17. The fraction of sp³-hybridized carbons (Fsp3) is 0.0833. The smallest absolute Gasteiger partial charge is 0.247 e. The van der Waals surface area contributed by atoms with Gasteiger partial charge in [-0.2, -0.15) is 5.26 Å². The first-order valence-corrected chi connectivity index (χ1v) is 4.86. The van der Waals surface area contributed by atoms with Gasteiger partial charge in [0.25, 0.3) is 0 Å². The van der Waals surface area contributed by atoms with Crippen molar-refractivity contribution in [1.82, 2.24) is 0 Å². The number of para-hydroxylation sites is 2. The van der Waals surface area contributed by atoms with E-state index in [1.807, 2.05) is 0 Å². The highest BCUT2D eigenvalue weighted by Crippen LogP contribution is 2.20. The van der Waals surface area contributed by atoms with Crippen LogP contribution >= 0.6 is 0 Å². The van der Waals surface area contributed by atoms with Gasteiger partial charge in [0.2, 0.25) is 11.8 Å². The molecule has 17 heavy (non-hydrogen) atoms. The van der Waals surface area contributed by atoms with Crippen LogP contribution in [0.15, 0.2) is 36.9 Å².